The van der Waals surface area contributed by atoms with Crippen LogP contribution in [0.2, 0.25) is 4.28 Å². The van der Waals surface area contributed by atoms with Crippen LogP contribution >= 0.6 is 0 Å². The van der Waals surface area contributed by atoms with Gasteiger partial charge >= 0.3 is 43.5 Å². The van der Waals surface area contributed by atoms with Gasteiger partial charge in [0.25, 0.3) is 0 Å². The number of hydrogen-bond acceptors (Lipinski definition) is 12. The van der Waals surface area contributed by atoms with Gasteiger partial charge in [-0.25, -0.2) is 19.0 Å². The first-order valence-corrected chi connectivity index (χ1v) is 14.7. The second-order valence-electron chi connectivity index (χ2n) is 6.50. The molecule has 0 saturated carbocycles. The summed E-state index contributed by atoms with van der Waals surface area (Å²) >= 11 is 0. The molecule has 0 aliphatic rings. The van der Waals surface area contributed by atoms with Crippen LogP contribution < -0.4 is 17.1 Å². The second kappa shape index (κ2) is 11.9. The molecule has 0 atom stereocenters. The predicted molar refractivity (Wildman–Crippen MR) is 120 cm³/mol. The molecule has 0 radical (unpaired) electrons. The molecule has 15 nitrogen and oxygen atoms in total. The molecule has 0 amide bonds. The topological polar surface area (TPSA) is 171 Å². The second-order valence-corrected chi connectivity index (χ2v) is 17.6. The number of aromatic nitrogens is 3. The Morgan fingerprint density at radius 2 is 0.879 bits per heavy atom. The third-order valence-electron chi connectivity index (χ3n) is 5.63. The molecule has 0 spiro atoms. The van der Waals surface area contributed by atoms with E-state index in [4.69, 9.17) is 39.8 Å². The summed E-state index contributed by atoms with van der Waals surface area (Å²) in [6.07, 6.45) is -0.187. The number of nitrogens with one attached hydrogen (secondary N) is 2. The maximum atomic E-state index is 12.4. The molecule has 0 fully saturated rings. The molecule has 192 valence electrons. The van der Waals surface area contributed by atoms with Crippen LogP contribution in [0.1, 0.15) is 6.42 Å². The van der Waals surface area contributed by atoms with E-state index in [0.29, 0.717) is 0 Å². The third-order valence-corrected chi connectivity index (χ3v) is 19.9. The number of H-pyrrole nitrogens is 2. The van der Waals surface area contributed by atoms with E-state index >= 15 is 0 Å². The molecule has 2 N–H and O–H groups in total. The van der Waals surface area contributed by atoms with E-state index in [0.717, 1.165) is 4.57 Å². The minimum Gasteiger partial charge on any atom is -0.377 e. The fourth-order valence-corrected chi connectivity index (χ4v) is 20.2. The largest absolute Gasteiger partial charge is 0.516 e. The van der Waals surface area contributed by atoms with Crippen LogP contribution in [-0.4, -0.2) is 105 Å². The molecule has 1 aromatic heterocycles. The van der Waals surface area contributed by atoms with Crippen LogP contribution in [0, 0.1) is 0 Å². The first kappa shape index (κ1) is 29.7. The van der Waals surface area contributed by atoms with Crippen molar-refractivity contribution in [1.29, 1.82) is 0 Å². The van der Waals surface area contributed by atoms with Gasteiger partial charge in [0.2, 0.25) is 0 Å². The van der Waals surface area contributed by atoms with Crippen molar-refractivity contribution in [2.75, 3.05) is 64.0 Å². The van der Waals surface area contributed by atoms with Crippen LogP contribution in [0.3, 0.4) is 0 Å². The third kappa shape index (κ3) is 4.53. The van der Waals surface area contributed by atoms with Gasteiger partial charge in [0.1, 0.15) is 0 Å². The Labute approximate surface area is 193 Å². The van der Waals surface area contributed by atoms with Gasteiger partial charge in [-0.05, 0) is 6.42 Å². The number of rotatable bonds is 15. The van der Waals surface area contributed by atoms with Gasteiger partial charge in [0.15, 0.2) is 4.28 Å². The average Bonchev–Trinajstić information content (AvgIpc) is 2.82. The van der Waals surface area contributed by atoms with Crippen LogP contribution in [-0.2, 0) is 46.4 Å². The van der Waals surface area contributed by atoms with Crippen LogP contribution in [0.25, 0.3) is 0 Å². The van der Waals surface area contributed by atoms with Crippen molar-refractivity contribution in [3.05, 3.63) is 31.5 Å². The molecular weight excluding hydrogens is 498 g/mol. The lowest BCUT2D eigenvalue weighted by atomic mass is 10.4. The summed E-state index contributed by atoms with van der Waals surface area (Å²) in [5, 5.41) is 0. The summed E-state index contributed by atoms with van der Waals surface area (Å²) in [6, 6.07) is 0. The quantitative estimate of drug-likeness (QED) is 0.241. The van der Waals surface area contributed by atoms with E-state index in [2.05, 4.69) is 0 Å². The van der Waals surface area contributed by atoms with E-state index in [1.165, 1.54) is 64.0 Å². The smallest absolute Gasteiger partial charge is 0.377 e. The first-order chi connectivity index (χ1) is 15.6. The molecule has 1 heterocycles. The van der Waals surface area contributed by atoms with Crippen molar-refractivity contribution >= 4 is 26.4 Å². The van der Waals surface area contributed by atoms with Crippen LogP contribution in [0.5, 0.6) is 0 Å². The van der Waals surface area contributed by atoms with E-state index < -0.39 is 47.8 Å². The Bertz CT molecular complexity index is 814. The highest BCUT2D eigenvalue weighted by Gasteiger charge is 2.88. The Hall–Kier alpha value is -1.30. The Kier molecular flexibility index (Phi) is 10.7. The van der Waals surface area contributed by atoms with Crippen LogP contribution in [0.15, 0.2) is 14.4 Å². The Balaban J connectivity index is 4.14. The van der Waals surface area contributed by atoms with E-state index in [9.17, 15) is 14.4 Å². The molecule has 1 rings (SSSR count). The predicted octanol–water partition coefficient (Wildman–Crippen LogP) is -1.93. The van der Waals surface area contributed by atoms with Gasteiger partial charge in [-0.3, -0.25) is 9.97 Å². The zero-order valence-electron chi connectivity index (χ0n) is 20.3. The molecule has 0 bridgehead atoms. The number of aromatic amines is 2. The average molecular weight is 532 g/mol. The van der Waals surface area contributed by atoms with Gasteiger partial charge in [0, 0.05) is 70.5 Å². The highest BCUT2D eigenvalue weighted by atomic mass is 28.5. The molecule has 18 heteroatoms. The van der Waals surface area contributed by atoms with Gasteiger partial charge in [-0.15, -0.1) is 0 Å². The SMILES string of the molecule is CO[Si](OC)(OC)C(CCn1c(=O)[nH]c(=O)[nH]c1=O)([Si](OC)(OC)OC)[Si](OC)(OC)OC. The van der Waals surface area contributed by atoms with Crippen molar-refractivity contribution in [2.45, 2.75) is 17.3 Å². The summed E-state index contributed by atoms with van der Waals surface area (Å²) < 4.78 is 51.7. The summed E-state index contributed by atoms with van der Waals surface area (Å²) in [5.41, 5.74) is -2.81. The van der Waals surface area contributed by atoms with E-state index in [1.807, 2.05) is 9.97 Å². The molecule has 0 aliphatic heterocycles. The fraction of sp³-hybridized carbons (Fsp3) is 0.800. The van der Waals surface area contributed by atoms with Gasteiger partial charge in [0.05, 0.1) is 0 Å². The molecule has 33 heavy (non-hydrogen) atoms. The monoisotopic (exact) mass is 531 g/mol. The molecule has 1 aromatic rings. The van der Waals surface area contributed by atoms with Crippen molar-refractivity contribution in [3.8, 4) is 0 Å². The van der Waals surface area contributed by atoms with Crippen molar-refractivity contribution in [1.82, 2.24) is 14.5 Å². The summed E-state index contributed by atoms with van der Waals surface area (Å²) in [6.45, 7) is -0.300. The maximum Gasteiger partial charge on any atom is 0.516 e. The van der Waals surface area contributed by atoms with Crippen molar-refractivity contribution in [3.63, 3.8) is 0 Å². The minimum atomic E-state index is -4.02. The van der Waals surface area contributed by atoms with Crippen molar-refractivity contribution < 1.29 is 39.8 Å². The Morgan fingerprint density at radius 1 is 0.606 bits per heavy atom. The fourth-order valence-electron chi connectivity index (χ4n) is 4.28. The minimum absolute atomic E-state index is 0.187. The van der Waals surface area contributed by atoms with Gasteiger partial charge in [-0.2, -0.15) is 0 Å². The lowest BCUT2D eigenvalue weighted by Crippen LogP contribution is -2.80. The molecule has 0 saturated heterocycles. The van der Waals surface area contributed by atoms with Gasteiger partial charge < -0.3 is 39.8 Å². The summed E-state index contributed by atoms with van der Waals surface area (Å²) in [4.78, 5) is 40.3. The standard InChI is InChI=1S/C15H33N3O12Si3/c1-22-31(23-2,24-3)15(32(25-4,26-5)27-6,33(28-7,29-8)30-9)10-11-18-13(20)16-12(19)17-14(18)21/h10-11H2,1-9H3,(H2,16,17,19,20,21). The molecule has 0 aliphatic carbocycles. The lowest BCUT2D eigenvalue weighted by Gasteiger charge is -2.53. The normalized spacial score (nSPS) is 13.5. The van der Waals surface area contributed by atoms with Crippen LogP contribution in [0.4, 0.5) is 0 Å². The number of hydrogen-bond donors (Lipinski definition) is 2. The van der Waals surface area contributed by atoms with Gasteiger partial charge in [-0.1, -0.05) is 0 Å². The summed E-state index contributed by atoms with van der Waals surface area (Å²) in [5.74, 6) is 0. The molecular formula is C15H33N3O12Si3. The van der Waals surface area contributed by atoms with E-state index in [-0.39, 0.29) is 13.0 Å². The van der Waals surface area contributed by atoms with E-state index in [1.54, 1.807) is 0 Å². The molecule has 0 aromatic carbocycles. The Morgan fingerprint density at radius 3 is 1.12 bits per heavy atom. The zero-order chi connectivity index (χ0) is 25.5. The first-order valence-electron chi connectivity index (χ1n) is 9.49. The lowest BCUT2D eigenvalue weighted by molar-refractivity contribution is 0.0283. The molecule has 0 unspecified atom stereocenters. The number of nitrogens with zero attached hydrogens (tertiary/aromatic N) is 1. The zero-order valence-corrected chi connectivity index (χ0v) is 23.3. The van der Waals surface area contributed by atoms with Crippen molar-refractivity contribution in [2.24, 2.45) is 0 Å². The highest BCUT2D eigenvalue weighted by Crippen LogP contribution is 2.58. The highest BCUT2D eigenvalue weighted by molar-refractivity contribution is 7.02. The maximum absolute atomic E-state index is 12.4. The summed E-state index contributed by atoms with van der Waals surface area (Å²) in [7, 11) is 0.131.